The number of rotatable bonds is 5. The van der Waals surface area contributed by atoms with E-state index >= 15 is 0 Å². The number of carbonyl (C=O) groups is 2. The standard InChI is InChI=1S/C25H22N2O3/c1-16-19-12-7-9-15-22(19)30-23(16)25(29)27-21-14-8-6-13-20(21)24(28)26-17(2)18-10-4-3-5-11-18/h3-15,17H,1-2H3,(H,26,28)(H,27,29). The predicted octanol–water partition coefficient (Wildman–Crippen LogP) is 5.48. The van der Waals surface area contributed by atoms with E-state index in [0.29, 0.717) is 16.8 Å². The Hall–Kier alpha value is -3.86. The van der Waals surface area contributed by atoms with Gasteiger partial charge < -0.3 is 15.1 Å². The third-order valence-electron chi connectivity index (χ3n) is 5.12. The van der Waals surface area contributed by atoms with Crippen molar-refractivity contribution in [1.29, 1.82) is 0 Å². The predicted molar refractivity (Wildman–Crippen MR) is 118 cm³/mol. The molecule has 1 atom stereocenters. The Balaban J connectivity index is 1.56. The zero-order chi connectivity index (χ0) is 21.1. The average Bonchev–Trinajstić information content (AvgIpc) is 3.11. The Kier molecular flexibility index (Phi) is 5.35. The molecule has 3 aromatic carbocycles. The van der Waals surface area contributed by atoms with Crippen LogP contribution < -0.4 is 10.6 Å². The van der Waals surface area contributed by atoms with Crippen LogP contribution in [0.3, 0.4) is 0 Å². The summed E-state index contributed by atoms with van der Waals surface area (Å²) in [5.41, 5.74) is 3.25. The van der Waals surface area contributed by atoms with E-state index in [1.54, 1.807) is 24.3 Å². The van der Waals surface area contributed by atoms with Gasteiger partial charge in [0.25, 0.3) is 11.8 Å². The van der Waals surface area contributed by atoms with Crippen LogP contribution in [0.1, 0.15) is 45.0 Å². The molecule has 0 radical (unpaired) electrons. The summed E-state index contributed by atoms with van der Waals surface area (Å²) < 4.78 is 5.74. The summed E-state index contributed by atoms with van der Waals surface area (Å²) in [6, 6.07) is 24.0. The van der Waals surface area contributed by atoms with Gasteiger partial charge in [0.05, 0.1) is 17.3 Å². The number of anilines is 1. The van der Waals surface area contributed by atoms with Crippen LogP contribution in [0.15, 0.2) is 83.3 Å². The first-order valence-electron chi connectivity index (χ1n) is 9.79. The molecule has 30 heavy (non-hydrogen) atoms. The Labute approximate surface area is 174 Å². The minimum absolute atomic E-state index is 0.167. The molecule has 0 spiro atoms. The van der Waals surface area contributed by atoms with Crippen LogP contribution in [0, 0.1) is 6.92 Å². The van der Waals surface area contributed by atoms with Crippen LogP contribution in [-0.2, 0) is 0 Å². The number of hydrogen-bond acceptors (Lipinski definition) is 3. The molecule has 2 amide bonds. The fourth-order valence-corrected chi connectivity index (χ4v) is 3.46. The molecule has 2 N–H and O–H groups in total. The second-order valence-corrected chi connectivity index (χ2v) is 7.16. The molecular weight excluding hydrogens is 376 g/mol. The number of amides is 2. The quantitative estimate of drug-likeness (QED) is 0.467. The van der Waals surface area contributed by atoms with E-state index in [0.717, 1.165) is 16.5 Å². The maximum absolute atomic E-state index is 12.9. The van der Waals surface area contributed by atoms with E-state index in [4.69, 9.17) is 4.42 Å². The van der Waals surface area contributed by atoms with Crippen molar-refractivity contribution < 1.29 is 14.0 Å². The van der Waals surface area contributed by atoms with Gasteiger partial charge in [-0.25, -0.2) is 0 Å². The summed E-state index contributed by atoms with van der Waals surface area (Å²) in [5, 5.41) is 6.71. The number of para-hydroxylation sites is 2. The lowest BCUT2D eigenvalue weighted by atomic mass is 10.1. The van der Waals surface area contributed by atoms with Crippen molar-refractivity contribution in [3.05, 3.63) is 101 Å². The zero-order valence-electron chi connectivity index (χ0n) is 16.8. The topological polar surface area (TPSA) is 71.3 Å². The van der Waals surface area contributed by atoms with Crippen LogP contribution in [0.4, 0.5) is 5.69 Å². The summed E-state index contributed by atoms with van der Waals surface area (Å²) >= 11 is 0. The number of benzene rings is 3. The van der Waals surface area contributed by atoms with E-state index in [1.807, 2.05) is 68.4 Å². The summed E-state index contributed by atoms with van der Waals surface area (Å²) in [6.07, 6.45) is 0. The maximum Gasteiger partial charge on any atom is 0.291 e. The number of nitrogens with one attached hydrogen (secondary N) is 2. The number of aryl methyl sites for hydroxylation is 1. The number of carbonyl (C=O) groups excluding carboxylic acids is 2. The van der Waals surface area contributed by atoms with E-state index in [2.05, 4.69) is 10.6 Å². The van der Waals surface area contributed by atoms with Gasteiger partial charge in [-0.1, -0.05) is 60.7 Å². The van der Waals surface area contributed by atoms with E-state index in [1.165, 1.54) is 0 Å². The lowest BCUT2D eigenvalue weighted by molar-refractivity contribution is 0.0940. The molecule has 0 saturated heterocycles. The van der Waals surface area contributed by atoms with Crippen LogP contribution in [0.2, 0.25) is 0 Å². The molecule has 0 aliphatic carbocycles. The second-order valence-electron chi connectivity index (χ2n) is 7.16. The molecule has 5 nitrogen and oxygen atoms in total. The Morgan fingerprint density at radius 1 is 0.833 bits per heavy atom. The molecule has 1 aromatic heterocycles. The van der Waals surface area contributed by atoms with Crippen molar-refractivity contribution in [2.75, 3.05) is 5.32 Å². The molecule has 150 valence electrons. The van der Waals surface area contributed by atoms with E-state index in [-0.39, 0.29) is 23.6 Å². The normalized spacial score (nSPS) is 11.8. The molecule has 0 bridgehead atoms. The first-order chi connectivity index (χ1) is 14.5. The highest BCUT2D eigenvalue weighted by atomic mass is 16.3. The number of hydrogen-bond donors (Lipinski definition) is 2. The zero-order valence-corrected chi connectivity index (χ0v) is 16.8. The molecule has 0 fully saturated rings. The lowest BCUT2D eigenvalue weighted by Gasteiger charge is -2.16. The van der Waals surface area contributed by atoms with E-state index in [9.17, 15) is 9.59 Å². The molecular formula is C25H22N2O3. The van der Waals surface area contributed by atoms with Crippen molar-refractivity contribution in [2.24, 2.45) is 0 Å². The summed E-state index contributed by atoms with van der Waals surface area (Å²) in [4.78, 5) is 25.8. The molecule has 0 saturated carbocycles. The molecule has 4 aromatic rings. The fraction of sp³-hybridized carbons (Fsp3) is 0.120. The van der Waals surface area contributed by atoms with Crippen molar-refractivity contribution >= 4 is 28.5 Å². The molecule has 1 unspecified atom stereocenters. The number of furan rings is 1. The van der Waals surface area contributed by atoms with Gasteiger partial charge in [0.2, 0.25) is 0 Å². The minimum atomic E-state index is -0.389. The van der Waals surface area contributed by atoms with Crippen LogP contribution in [0.5, 0.6) is 0 Å². The number of fused-ring (bicyclic) bond motifs is 1. The van der Waals surface area contributed by atoms with Crippen LogP contribution >= 0.6 is 0 Å². The second kappa shape index (κ2) is 8.25. The highest BCUT2D eigenvalue weighted by molar-refractivity contribution is 6.10. The van der Waals surface area contributed by atoms with Gasteiger partial charge in [0, 0.05) is 10.9 Å². The van der Waals surface area contributed by atoms with Gasteiger partial charge >= 0.3 is 0 Å². The maximum atomic E-state index is 12.9. The average molecular weight is 398 g/mol. The van der Waals surface area contributed by atoms with Crippen LogP contribution in [0.25, 0.3) is 11.0 Å². The molecule has 4 rings (SSSR count). The van der Waals surface area contributed by atoms with E-state index < -0.39 is 0 Å². The third-order valence-corrected chi connectivity index (χ3v) is 5.12. The van der Waals surface area contributed by atoms with Gasteiger partial charge in [-0.3, -0.25) is 9.59 Å². The van der Waals surface area contributed by atoms with Crippen molar-refractivity contribution in [3.63, 3.8) is 0 Å². The SMILES string of the molecule is Cc1c(C(=O)Nc2ccccc2C(=O)NC(C)c2ccccc2)oc2ccccc12. The van der Waals surface area contributed by atoms with Gasteiger partial charge in [0.1, 0.15) is 5.58 Å². The van der Waals surface area contributed by atoms with Gasteiger partial charge in [-0.05, 0) is 37.6 Å². The Morgan fingerprint density at radius 2 is 1.50 bits per heavy atom. The molecule has 0 aliphatic rings. The largest absolute Gasteiger partial charge is 0.451 e. The molecule has 0 aliphatic heterocycles. The Morgan fingerprint density at radius 3 is 2.27 bits per heavy atom. The van der Waals surface area contributed by atoms with Crippen molar-refractivity contribution in [2.45, 2.75) is 19.9 Å². The van der Waals surface area contributed by atoms with Crippen molar-refractivity contribution in [1.82, 2.24) is 5.32 Å². The highest BCUT2D eigenvalue weighted by Crippen LogP contribution is 2.26. The Bertz CT molecular complexity index is 1210. The van der Waals surface area contributed by atoms with Gasteiger partial charge in [0.15, 0.2) is 5.76 Å². The summed E-state index contributed by atoms with van der Waals surface area (Å²) in [6.45, 7) is 3.77. The molecule has 1 heterocycles. The van der Waals surface area contributed by atoms with Gasteiger partial charge in [-0.2, -0.15) is 0 Å². The smallest absolute Gasteiger partial charge is 0.291 e. The first-order valence-corrected chi connectivity index (χ1v) is 9.79. The molecule has 5 heteroatoms. The summed E-state index contributed by atoms with van der Waals surface area (Å²) in [5.74, 6) is -0.410. The summed E-state index contributed by atoms with van der Waals surface area (Å²) in [7, 11) is 0. The first kappa shape index (κ1) is 19.5. The lowest BCUT2D eigenvalue weighted by Crippen LogP contribution is -2.28. The fourth-order valence-electron chi connectivity index (χ4n) is 3.46. The van der Waals surface area contributed by atoms with Crippen LogP contribution in [-0.4, -0.2) is 11.8 Å². The third kappa shape index (κ3) is 3.82. The monoisotopic (exact) mass is 398 g/mol. The van der Waals surface area contributed by atoms with Crippen molar-refractivity contribution in [3.8, 4) is 0 Å². The minimum Gasteiger partial charge on any atom is -0.451 e. The highest BCUT2D eigenvalue weighted by Gasteiger charge is 2.20. The van der Waals surface area contributed by atoms with Gasteiger partial charge in [-0.15, -0.1) is 0 Å².